The zero-order valence-electron chi connectivity index (χ0n) is 20.2. The van der Waals surface area contributed by atoms with E-state index in [2.05, 4.69) is 10.5 Å². The molecule has 3 aromatic carbocycles. The Morgan fingerprint density at radius 2 is 1.68 bits per heavy atom. The van der Waals surface area contributed by atoms with E-state index in [0.29, 0.717) is 21.7 Å². The van der Waals surface area contributed by atoms with Crippen LogP contribution in [0.3, 0.4) is 0 Å². The number of hydrogen-bond donors (Lipinski definition) is 1. The number of nitrogens with one attached hydrogen (secondary N) is 1. The summed E-state index contributed by atoms with van der Waals surface area (Å²) in [4.78, 5) is 23.3. The van der Waals surface area contributed by atoms with Gasteiger partial charge in [-0.05, 0) is 55.7 Å². The predicted molar refractivity (Wildman–Crippen MR) is 144 cm³/mol. The van der Waals surface area contributed by atoms with Gasteiger partial charge < -0.3 is 0 Å². The molecular formula is C25H24Cl2N4O5S. The fraction of sp³-hybridized carbons (Fsp3) is 0.200. The molecule has 1 N–H and O–H groups in total. The van der Waals surface area contributed by atoms with Crippen molar-refractivity contribution in [3.8, 4) is 0 Å². The fourth-order valence-corrected chi connectivity index (χ4v) is 5.92. The van der Waals surface area contributed by atoms with E-state index in [1.807, 2.05) is 6.92 Å². The molecule has 0 aliphatic heterocycles. The highest BCUT2D eigenvalue weighted by atomic mass is 35.5. The first kappa shape index (κ1) is 28.3. The van der Waals surface area contributed by atoms with Crippen LogP contribution in [0.4, 0.5) is 5.69 Å². The molecule has 0 heterocycles. The van der Waals surface area contributed by atoms with Crippen molar-refractivity contribution in [1.29, 1.82) is 0 Å². The first-order valence-electron chi connectivity index (χ1n) is 11.0. The number of hydrogen-bond acceptors (Lipinski definition) is 6. The van der Waals surface area contributed by atoms with Gasteiger partial charge in [0.05, 0.1) is 22.6 Å². The van der Waals surface area contributed by atoms with E-state index >= 15 is 0 Å². The van der Waals surface area contributed by atoms with Gasteiger partial charge in [-0.1, -0.05) is 53.0 Å². The van der Waals surface area contributed by atoms with Gasteiger partial charge in [0.1, 0.15) is 0 Å². The Balaban J connectivity index is 1.88. The van der Waals surface area contributed by atoms with Crippen molar-refractivity contribution < 1.29 is 18.1 Å². The third kappa shape index (κ3) is 7.14. The largest absolute Gasteiger partial charge is 0.272 e. The van der Waals surface area contributed by atoms with Crippen LogP contribution in [-0.4, -0.2) is 36.3 Å². The highest BCUT2D eigenvalue weighted by molar-refractivity contribution is 7.89. The summed E-state index contributed by atoms with van der Waals surface area (Å²) < 4.78 is 28.5. The summed E-state index contributed by atoms with van der Waals surface area (Å²) >= 11 is 12.0. The number of benzene rings is 3. The van der Waals surface area contributed by atoms with Crippen LogP contribution in [0.25, 0.3) is 0 Å². The molecule has 0 saturated heterocycles. The highest BCUT2D eigenvalue weighted by Gasteiger charge is 2.30. The summed E-state index contributed by atoms with van der Waals surface area (Å²) in [5, 5.41) is 15.5. The van der Waals surface area contributed by atoms with Gasteiger partial charge in [-0.3, -0.25) is 14.9 Å². The van der Waals surface area contributed by atoms with Crippen LogP contribution in [0.1, 0.15) is 27.8 Å². The topological polar surface area (TPSA) is 122 Å². The van der Waals surface area contributed by atoms with Crippen molar-refractivity contribution in [3.05, 3.63) is 103 Å². The van der Waals surface area contributed by atoms with Crippen molar-refractivity contribution in [3.63, 3.8) is 0 Å². The van der Waals surface area contributed by atoms with Crippen molar-refractivity contribution in [1.82, 2.24) is 9.73 Å². The van der Waals surface area contributed by atoms with Gasteiger partial charge in [0.15, 0.2) is 0 Å². The molecule has 9 nitrogen and oxygen atoms in total. The second-order valence-electron chi connectivity index (χ2n) is 8.38. The zero-order valence-corrected chi connectivity index (χ0v) is 22.6. The summed E-state index contributed by atoms with van der Waals surface area (Å²) in [7, 11) is -4.09. The first-order valence-corrected chi connectivity index (χ1v) is 13.2. The molecule has 0 unspecified atom stereocenters. The molecule has 0 aliphatic rings. The molecule has 3 aromatic rings. The van der Waals surface area contributed by atoms with E-state index in [1.165, 1.54) is 18.2 Å². The molecule has 3 rings (SSSR count). The number of nitrogens with zero attached hydrogens (tertiary/aromatic N) is 3. The van der Waals surface area contributed by atoms with Gasteiger partial charge in [-0.25, -0.2) is 13.8 Å². The Bertz CT molecular complexity index is 1450. The van der Waals surface area contributed by atoms with Gasteiger partial charge in [-0.15, -0.1) is 0 Å². The molecule has 0 aliphatic carbocycles. The summed E-state index contributed by atoms with van der Waals surface area (Å²) in [6.07, 6.45) is 1.15. The number of nitro benzene ring substituents is 1. The minimum absolute atomic E-state index is 0.0832. The van der Waals surface area contributed by atoms with Crippen molar-refractivity contribution in [2.45, 2.75) is 32.2 Å². The summed E-state index contributed by atoms with van der Waals surface area (Å²) in [5.41, 5.74) is 4.98. The Hall–Kier alpha value is -3.31. The molecule has 1 amide bonds. The third-order valence-corrected chi connectivity index (χ3v) is 8.07. The van der Waals surface area contributed by atoms with Crippen molar-refractivity contribution in [2.24, 2.45) is 5.10 Å². The highest BCUT2D eigenvalue weighted by Crippen LogP contribution is 2.27. The Morgan fingerprint density at radius 3 is 2.27 bits per heavy atom. The standard InChI is InChI=1S/C25H24Cl2N4O5S/c1-16-10-17(2)25(18(3)11-16)37(35,36)30(14-19-4-6-21(26)7-5-19)15-24(32)29-28-13-20-12-22(31(33)34)8-9-23(20)27/h4-13H,14-15H2,1-3H3,(H,29,32)/b28-13+. The lowest BCUT2D eigenvalue weighted by molar-refractivity contribution is -0.384. The van der Waals surface area contributed by atoms with Crippen LogP contribution < -0.4 is 5.43 Å². The molecule has 0 radical (unpaired) electrons. The molecule has 0 spiro atoms. The lowest BCUT2D eigenvalue weighted by atomic mass is 10.1. The number of amides is 1. The average molecular weight is 563 g/mol. The number of halogens is 2. The predicted octanol–water partition coefficient (Wildman–Crippen LogP) is 5.17. The molecule has 0 saturated carbocycles. The fourth-order valence-electron chi connectivity index (χ4n) is 3.84. The average Bonchev–Trinajstić information content (AvgIpc) is 2.80. The minimum atomic E-state index is -4.09. The molecule has 0 fully saturated rings. The summed E-state index contributed by atoms with van der Waals surface area (Å²) in [6.45, 7) is 4.68. The van der Waals surface area contributed by atoms with Gasteiger partial charge in [0, 0.05) is 34.3 Å². The number of sulfonamides is 1. The second kappa shape index (κ2) is 11.8. The van der Waals surface area contributed by atoms with Crippen LogP contribution >= 0.6 is 23.2 Å². The number of carbonyl (C=O) groups is 1. The Labute approximate surface area is 224 Å². The first-order chi connectivity index (χ1) is 17.4. The molecular weight excluding hydrogens is 539 g/mol. The van der Waals surface area contributed by atoms with Crippen molar-refractivity contribution in [2.75, 3.05) is 6.54 Å². The second-order valence-corrected chi connectivity index (χ2v) is 11.1. The molecule has 0 bridgehead atoms. The summed E-state index contributed by atoms with van der Waals surface area (Å²) in [5.74, 6) is -0.710. The normalized spacial score (nSPS) is 11.7. The summed E-state index contributed by atoms with van der Waals surface area (Å²) in [6, 6.07) is 14.0. The number of rotatable bonds is 9. The van der Waals surface area contributed by atoms with Gasteiger partial charge in [0.25, 0.3) is 11.6 Å². The number of carbonyl (C=O) groups excluding carboxylic acids is 1. The van der Waals surface area contributed by atoms with E-state index in [4.69, 9.17) is 23.2 Å². The maximum absolute atomic E-state index is 13.7. The van der Waals surface area contributed by atoms with E-state index < -0.39 is 27.4 Å². The molecule has 37 heavy (non-hydrogen) atoms. The number of aryl methyl sites for hydroxylation is 3. The molecule has 0 atom stereocenters. The smallest absolute Gasteiger partial charge is 0.270 e. The quantitative estimate of drug-likeness (QED) is 0.219. The SMILES string of the molecule is Cc1cc(C)c(S(=O)(=O)N(CC(=O)N/N=C/c2cc([N+](=O)[O-])ccc2Cl)Cc2ccc(Cl)cc2)c(C)c1. The van der Waals surface area contributed by atoms with E-state index in [0.717, 1.165) is 16.1 Å². The molecule has 194 valence electrons. The van der Waals surface area contributed by atoms with Crippen LogP contribution in [-0.2, 0) is 21.4 Å². The number of hydrazone groups is 1. The Morgan fingerprint density at radius 1 is 1.05 bits per heavy atom. The van der Waals surface area contributed by atoms with E-state index in [-0.39, 0.29) is 27.7 Å². The van der Waals surface area contributed by atoms with Crippen LogP contribution in [0.2, 0.25) is 10.0 Å². The van der Waals surface area contributed by atoms with Crippen LogP contribution in [0.15, 0.2) is 64.6 Å². The third-order valence-electron chi connectivity index (χ3n) is 5.38. The van der Waals surface area contributed by atoms with E-state index in [1.54, 1.807) is 50.2 Å². The van der Waals surface area contributed by atoms with Crippen LogP contribution in [0.5, 0.6) is 0 Å². The van der Waals surface area contributed by atoms with Crippen molar-refractivity contribution >= 4 is 51.0 Å². The monoisotopic (exact) mass is 562 g/mol. The van der Waals surface area contributed by atoms with E-state index in [9.17, 15) is 23.3 Å². The van der Waals surface area contributed by atoms with Crippen LogP contribution in [0, 0.1) is 30.9 Å². The van der Waals surface area contributed by atoms with Gasteiger partial charge in [0.2, 0.25) is 10.0 Å². The number of non-ortho nitro benzene ring substituents is 1. The lowest BCUT2D eigenvalue weighted by Crippen LogP contribution is -2.39. The maximum atomic E-state index is 13.7. The minimum Gasteiger partial charge on any atom is -0.272 e. The molecule has 12 heteroatoms. The lowest BCUT2D eigenvalue weighted by Gasteiger charge is -2.24. The molecule has 0 aromatic heterocycles. The van der Waals surface area contributed by atoms with Gasteiger partial charge in [-0.2, -0.15) is 9.41 Å². The number of nitro groups is 1. The zero-order chi connectivity index (χ0) is 27.3. The van der Waals surface area contributed by atoms with Gasteiger partial charge >= 0.3 is 0 Å². The maximum Gasteiger partial charge on any atom is 0.270 e. The Kier molecular flexibility index (Phi) is 9.03.